The van der Waals surface area contributed by atoms with Crippen LogP contribution in [0.25, 0.3) is 33.2 Å². The number of hydrogen-bond acceptors (Lipinski definition) is 3. The van der Waals surface area contributed by atoms with Gasteiger partial charge >= 0.3 is 6.09 Å². The second-order valence-corrected chi connectivity index (χ2v) is 9.46. The summed E-state index contributed by atoms with van der Waals surface area (Å²) in [6.45, 7) is 1.63. The topological polar surface area (TPSA) is 65.7 Å². The fourth-order valence-corrected chi connectivity index (χ4v) is 4.72. The molecule has 1 amide bonds. The quantitative estimate of drug-likeness (QED) is 0.284. The number of nitrogens with one attached hydrogen (secondary N) is 1. The third kappa shape index (κ3) is 5.97. The molecular formula is C29H27F3N2O3. The van der Waals surface area contributed by atoms with Crippen LogP contribution in [0.5, 0.6) is 0 Å². The van der Waals surface area contributed by atoms with Crippen LogP contribution in [0.15, 0.2) is 71.1 Å². The van der Waals surface area contributed by atoms with Gasteiger partial charge in [-0.15, -0.1) is 0 Å². The molecule has 0 aliphatic carbocycles. The van der Waals surface area contributed by atoms with E-state index in [1.165, 1.54) is 12.1 Å². The number of nitrogens with zero attached hydrogens (tertiary/aromatic N) is 1. The molecule has 1 saturated heterocycles. The lowest BCUT2D eigenvalue weighted by Gasteiger charge is -2.31. The second-order valence-electron chi connectivity index (χ2n) is 9.46. The van der Waals surface area contributed by atoms with Crippen molar-refractivity contribution in [1.29, 1.82) is 0 Å². The molecule has 0 bridgehead atoms. The maximum absolute atomic E-state index is 13.6. The number of halogens is 3. The Morgan fingerprint density at radius 2 is 1.62 bits per heavy atom. The number of carbonyl (C=O) groups is 1. The van der Waals surface area contributed by atoms with Gasteiger partial charge in [0.25, 0.3) is 5.92 Å². The van der Waals surface area contributed by atoms with E-state index < -0.39 is 12.0 Å². The zero-order chi connectivity index (χ0) is 26.0. The fraction of sp³-hybridized carbons (Fsp3) is 0.276. The van der Waals surface area contributed by atoms with Crippen molar-refractivity contribution in [3.63, 3.8) is 0 Å². The molecule has 5 nitrogen and oxygen atoms in total. The number of fused-ring (bicyclic) bond motifs is 1. The molecule has 8 heteroatoms. The van der Waals surface area contributed by atoms with E-state index in [9.17, 15) is 18.0 Å². The Kier molecular flexibility index (Phi) is 6.93. The highest BCUT2D eigenvalue weighted by molar-refractivity contribution is 5.97. The van der Waals surface area contributed by atoms with Crippen LogP contribution in [0.2, 0.25) is 0 Å². The van der Waals surface area contributed by atoms with Crippen molar-refractivity contribution in [1.82, 2.24) is 10.2 Å². The number of rotatable bonds is 7. The Labute approximate surface area is 212 Å². The summed E-state index contributed by atoms with van der Waals surface area (Å²) in [5.74, 6) is -2.39. The summed E-state index contributed by atoms with van der Waals surface area (Å²) in [6, 6.07) is 20.1. The summed E-state index contributed by atoms with van der Waals surface area (Å²) < 4.78 is 46.3. The van der Waals surface area contributed by atoms with Crippen molar-refractivity contribution >= 4 is 17.1 Å². The fourth-order valence-electron chi connectivity index (χ4n) is 4.72. The van der Waals surface area contributed by atoms with Crippen molar-refractivity contribution in [2.75, 3.05) is 19.6 Å². The van der Waals surface area contributed by atoms with E-state index in [-0.39, 0.29) is 25.2 Å². The van der Waals surface area contributed by atoms with Gasteiger partial charge in [0.1, 0.15) is 17.2 Å². The first-order chi connectivity index (χ1) is 17.8. The maximum Gasteiger partial charge on any atom is 0.405 e. The van der Waals surface area contributed by atoms with Gasteiger partial charge in [-0.2, -0.15) is 0 Å². The van der Waals surface area contributed by atoms with Crippen LogP contribution in [0, 0.1) is 5.82 Å². The molecule has 37 heavy (non-hydrogen) atoms. The van der Waals surface area contributed by atoms with Crippen LogP contribution >= 0.6 is 0 Å². The van der Waals surface area contributed by atoms with E-state index in [1.54, 1.807) is 18.2 Å². The number of hydrogen-bond donors (Lipinski definition) is 2. The minimum atomic E-state index is -2.53. The van der Waals surface area contributed by atoms with Gasteiger partial charge < -0.3 is 19.7 Å². The van der Waals surface area contributed by atoms with E-state index in [1.807, 2.05) is 36.4 Å². The SMILES string of the molecule is O=C(O)NCc1cc2cc(-c3ccc(CCN4CCC(F)(F)CC4)cc3)cc(-c3ccc(F)cc3)c2o1. The highest BCUT2D eigenvalue weighted by Gasteiger charge is 2.33. The van der Waals surface area contributed by atoms with Gasteiger partial charge in [0.15, 0.2) is 0 Å². The number of benzene rings is 3. The monoisotopic (exact) mass is 508 g/mol. The normalized spacial score (nSPS) is 15.6. The second kappa shape index (κ2) is 10.3. The van der Waals surface area contributed by atoms with Gasteiger partial charge in [-0.1, -0.05) is 36.4 Å². The van der Waals surface area contributed by atoms with Crippen LogP contribution in [0.4, 0.5) is 18.0 Å². The molecule has 0 unspecified atom stereocenters. The van der Waals surface area contributed by atoms with Gasteiger partial charge in [-0.05, 0) is 59.0 Å². The largest absolute Gasteiger partial charge is 0.465 e. The summed E-state index contributed by atoms with van der Waals surface area (Å²) in [4.78, 5) is 13.0. The van der Waals surface area contributed by atoms with Crippen LogP contribution in [-0.2, 0) is 13.0 Å². The molecule has 1 aliphatic rings. The zero-order valence-corrected chi connectivity index (χ0v) is 20.1. The minimum absolute atomic E-state index is 0.0333. The Balaban J connectivity index is 1.39. The Morgan fingerprint density at radius 3 is 2.30 bits per heavy atom. The predicted molar refractivity (Wildman–Crippen MR) is 136 cm³/mol. The first kappa shape index (κ1) is 24.9. The van der Waals surface area contributed by atoms with Crippen molar-refractivity contribution < 1.29 is 27.5 Å². The number of carboxylic acid groups (broad SMARTS) is 1. The van der Waals surface area contributed by atoms with Crippen LogP contribution < -0.4 is 5.32 Å². The first-order valence-corrected chi connectivity index (χ1v) is 12.2. The molecule has 0 atom stereocenters. The minimum Gasteiger partial charge on any atom is -0.465 e. The molecule has 4 aromatic rings. The maximum atomic E-state index is 13.6. The lowest BCUT2D eigenvalue weighted by Crippen LogP contribution is -2.40. The molecule has 1 aromatic heterocycles. The smallest absolute Gasteiger partial charge is 0.405 e. The summed E-state index contributed by atoms with van der Waals surface area (Å²) in [5.41, 5.74) is 5.21. The van der Waals surface area contributed by atoms with Crippen molar-refractivity contribution in [3.8, 4) is 22.3 Å². The van der Waals surface area contributed by atoms with Gasteiger partial charge in [-0.3, -0.25) is 0 Å². The van der Waals surface area contributed by atoms with E-state index in [4.69, 9.17) is 9.52 Å². The number of amides is 1. The average molecular weight is 509 g/mol. The lowest BCUT2D eigenvalue weighted by molar-refractivity contribution is -0.0548. The summed E-state index contributed by atoms with van der Waals surface area (Å²) in [7, 11) is 0. The van der Waals surface area contributed by atoms with Crippen molar-refractivity contribution in [2.45, 2.75) is 31.7 Å². The van der Waals surface area contributed by atoms with Gasteiger partial charge in [0, 0.05) is 43.4 Å². The third-order valence-electron chi connectivity index (χ3n) is 6.83. The van der Waals surface area contributed by atoms with Crippen LogP contribution in [0.1, 0.15) is 24.2 Å². The van der Waals surface area contributed by atoms with E-state index in [0.717, 1.165) is 46.2 Å². The molecule has 2 heterocycles. The molecule has 0 radical (unpaired) electrons. The third-order valence-corrected chi connectivity index (χ3v) is 6.83. The highest BCUT2D eigenvalue weighted by atomic mass is 19.3. The molecule has 0 saturated carbocycles. The number of furan rings is 1. The summed E-state index contributed by atoms with van der Waals surface area (Å²) >= 11 is 0. The Morgan fingerprint density at radius 1 is 0.946 bits per heavy atom. The summed E-state index contributed by atoms with van der Waals surface area (Å²) in [5, 5.41) is 12.1. The number of alkyl halides is 2. The standard InChI is InChI=1S/C29H27F3N2O3/c30-24-7-5-21(6-8-24)26-17-22(15-23-16-25(37-27(23)26)18-33-28(35)36)20-3-1-19(2-4-20)9-12-34-13-10-29(31,32)11-14-34/h1-8,15-17,33H,9-14,18H2,(H,35,36). The van der Waals surface area contributed by atoms with E-state index in [0.29, 0.717) is 24.4 Å². The van der Waals surface area contributed by atoms with Crippen LogP contribution in [-0.4, -0.2) is 41.7 Å². The van der Waals surface area contributed by atoms with E-state index in [2.05, 4.69) is 10.2 Å². The molecule has 1 fully saturated rings. The van der Waals surface area contributed by atoms with Crippen LogP contribution in [0.3, 0.4) is 0 Å². The summed E-state index contributed by atoms with van der Waals surface area (Å²) in [6.07, 6.45) is -0.508. The number of piperidine rings is 1. The Hall–Kier alpha value is -3.78. The molecule has 1 aliphatic heterocycles. The molecule has 2 N–H and O–H groups in total. The molecule has 0 spiro atoms. The van der Waals surface area contributed by atoms with Crippen molar-refractivity contribution in [3.05, 3.63) is 83.9 Å². The Bertz CT molecular complexity index is 1390. The predicted octanol–water partition coefficient (Wildman–Crippen LogP) is 6.95. The van der Waals surface area contributed by atoms with Crippen molar-refractivity contribution in [2.24, 2.45) is 0 Å². The lowest BCUT2D eigenvalue weighted by atomic mass is 9.96. The zero-order valence-electron chi connectivity index (χ0n) is 20.1. The van der Waals surface area contributed by atoms with Gasteiger partial charge in [-0.25, -0.2) is 18.0 Å². The van der Waals surface area contributed by atoms with Gasteiger partial charge in [0.05, 0.1) is 6.54 Å². The molecule has 3 aromatic carbocycles. The molecule has 5 rings (SSSR count). The average Bonchev–Trinajstić information content (AvgIpc) is 3.30. The highest BCUT2D eigenvalue weighted by Crippen LogP contribution is 2.36. The number of likely N-dealkylation sites (tertiary alicyclic amines) is 1. The molecule has 192 valence electrons. The van der Waals surface area contributed by atoms with E-state index >= 15 is 0 Å². The molecular weight excluding hydrogens is 481 g/mol. The van der Waals surface area contributed by atoms with Gasteiger partial charge in [0.2, 0.25) is 0 Å². The first-order valence-electron chi connectivity index (χ1n) is 12.2.